The van der Waals surface area contributed by atoms with Crippen molar-refractivity contribution >= 4 is 17.7 Å². The summed E-state index contributed by atoms with van der Waals surface area (Å²) >= 11 is 0. The van der Waals surface area contributed by atoms with Gasteiger partial charge in [-0.2, -0.15) is 0 Å². The van der Waals surface area contributed by atoms with Crippen LogP contribution in [-0.4, -0.2) is 60.0 Å². The summed E-state index contributed by atoms with van der Waals surface area (Å²) in [5.41, 5.74) is 3.65. The maximum atomic E-state index is 12.6. The summed E-state index contributed by atoms with van der Waals surface area (Å²) in [5, 5.41) is 0. The van der Waals surface area contributed by atoms with Crippen molar-refractivity contribution in [2.45, 2.75) is 32.2 Å². The molecule has 0 aliphatic carbocycles. The molecule has 4 rings (SSSR count). The van der Waals surface area contributed by atoms with Crippen LogP contribution in [0.1, 0.15) is 36.8 Å². The lowest BCUT2D eigenvalue weighted by molar-refractivity contribution is -0.127. The number of carbonyl (C=O) groups excluding carboxylic acids is 1. The van der Waals surface area contributed by atoms with E-state index >= 15 is 0 Å². The number of pyridine rings is 1. The number of aromatic nitrogens is 1. The third kappa shape index (κ3) is 5.70. The zero-order valence-corrected chi connectivity index (χ0v) is 17.7. The Bertz CT molecular complexity index is 818. The average molecular weight is 405 g/mol. The van der Waals surface area contributed by atoms with Gasteiger partial charge in [-0.15, -0.1) is 0 Å². The van der Waals surface area contributed by atoms with Crippen molar-refractivity contribution in [2.75, 3.05) is 44.2 Å². The van der Waals surface area contributed by atoms with Crippen molar-refractivity contribution in [1.82, 2.24) is 14.8 Å². The lowest BCUT2D eigenvalue weighted by atomic mass is 10.1. The lowest BCUT2D eigenvalue weighted by Gasteiger charge is -2.34. The van der Waals surface area contributed by atoms with Crippen LogP contribution in [0.25, 0.3) is 6.08 Å². The molecule has 2 saturated heterocycles. The molecule has 5 heteroatoms. The Morgan fingerprint density at radius 3 is 2.17 bits per heavy atom. The van der Waals surface area contributed by atoms with E-state index in [9.17, 15) is 4.79 Å². The first kappa shape index (κ1) is 20.6. The second kappa shape index (κ2) is 10.4. The maximum Gasteiger partial charge on any atom is 0.246 e. The second-order valence-corrected chi connectivity index (χ2v) is 8.28. The van der Waals surface area contributed by atoms with Gasteiger partial charge in [0.05, 0.1) is 0 Å². The molecule has 2 fully saturated rings. The monoisotopic (exact) mass is 404 g/mol. The molecule has 0 bridgehead atoms. The van der Waals surface area contributed by atoms with Gasteiger partial charge in [-0.25, -0.2) is 0 Å². The number of rotatable bonds is 5. The molecule has 0 spiro atoms. The topological polar surface area (TPSA) is 39.7 Å². The van der Waals surface area contributed by atoms with Crippen LogP contribution in [0.3, 0.4) is 0 Å². The van der Waals surface area contributed by atoms with E-state index in [1.807, 2.05) is 23.4 Å². The summed E-state index contributed by atoms with van der Waals surface area (Å²) in [6.07, 6.45) is 12.6. The first-order chi connectivity index (χ1) is 14.8. The van der Waals surface area contributed by atoms with Gasteiger partial charge in [-0.05, 0) is 54.3 Å². The van der Waals surface area contributed by atoms with Crippen LogP contribution >= 0.6 is 0 Å². The van der Waals surface area contributed by atoms with Crippen molar-refractivity contribution in [2.24, 2.45) is 0 Å². The van der Waals surface area contributed by atoms with E-state index < -0.39 is 0 Å². The van der Waals surface area contributed by atoms with Gasteiger partial charge in [0.2, 0.25) is 5.91 Å². The number of hydrogen-bond donors (Lipinski definition) is 0. The summed E-state index contributed by atoms with van der Waals surface area (Å²) in [4.78, 5) is 23.5. The highest BCUT2D eigenvalue weighted by molar-refractivity contribution is 5.91. The zero-order chi connectivity index (χ0) is 20.6. The second-order valence-electron chi connectivity index (χ2n) is 8.28. The minimum Gasteiger partial charge on any atom is -0.372 e. The van der Waals surface area contributed by atoms with Gasteiger partial charge in [-0.1, -0.05) is 25.0 Å². The number of piperazine rings is 1. The van der Waals surface area contributed by atoms with Crippen molar-refractivity contribution < 1.29 is 4.79 Å². The maximum absolute atomic E-state index is 12.6. The molecule has 30 heavy (non-hydrogen) atoms. The normalized spacial score (nSPS) is 18.5. The van der Waals surface area contributed by atoms with E-state index in [0.717, 1.165) is 51.4 Å². The van der Waals surface area contributed by atoms with Gasteiger partial charge < -0.3 is 9.80 Å². The van der Waals surface area contributed by atoms with Gasteiger partial charge >= 0.3 is 0 Å². The molecule has 1 aromatic heterocycles. The predicted octanol–water partition coefficient (Wildman–Crippen LogP) is 3.82. The number of carbonyl (C=O) groups is 1. The van der Waals surface area contributed by atoms with Crippen LogP contribution < -0.4 is 4.90 Å². The molecule has 0 atom stereocenters. The van der Waals surface area contributed by atoms with Crippen LogP contribution in [0.5, 0.6) is 0 Å². The number of hydrogen-bond acceptors (Lipinski definition) is 4. The molecule has 2 aromatic rings. The molecular formula is C25H32N4O. The summed E-state index contributed by atoms with van der Waals surface area (Å²) in [6, 6.07) is 12.7. The average Bonchev–Trinajstić information content (AvgIpc) is 3.09. The van der Waals surface area contributed by atoms with Crippen LogP contribution in [0.2, 0.25) is 0 Å². The molecule has 2 aliphatic rings. The number of anilines is 1. The SMILES string of the molecule is O=C(C=Cc1ccc(N2CCCCCC2)cc1)N1CCN(Cc2ccncc2)CC1. The molecule has 1 amide bonds. The fraction of sp³-hybridized carbons (Fsp3) is 0.440. The highest BCUT2D eigenvalue weighted by Gasteiger charge is 2.19. The third-order valence-corrected chi connectivity index (χ3v) is 6.12. The molecule has 2 aliphatic heterocycles. The van der Waals surface area contributed by atoms with Crippen LogP contribution in [-0.2, 0) is 11.3 Å². The highest BCUT2D eigenvalue weighted by Crippen LogP contribution is 2.20. The summed E-state index contributed by atoms with van der Waals surface area (Å²) in [6.45, 7) is 6.61. The fourth-order valence-electron chi connectivity index (χ4n) is 4.27. The predicted molar refractivity (Wildman–Crippen MR) is 122 cm³/mol. The van der Waals surface area contributed by atoms with E-state index in [4.69, 9.17) is 0 Å². The number of nitrogens with zero attached hydrogens (tertiary/aromatic N) is 4. The van der Waals surface area contributed by atoms with Gasteiger partial charge in [-0.3, -0.25) is 14.7 Å². The molecule has 3 heterocycles. The Hall–Kier alpha value is -2.66. The molecule has 158 valence electrons. The highest BCUT2D eigenvalue weighted by atomic mass is 16.2. The van der Waals surface area contributed by atoms with Gasteiger partial charge in [0.15, 0.2) is 0 Å². The quantitative estimate of drug-likeness (QED) is 0.711. The van der Waals surface area contributed by atoms with E-state index in [-0.39, 0.29) is 5.91 Å². The zero-order valence-electron chi connectivity index (χ0n) is 17.7. The summed E-state index contributed by atoms with van der Waals surface area (Å²) < 4.78 is 0. The lowest BCUT2D eigenvalue weighted by Crippen LogP contribution is -2.47. The van der Waals surface area contributed by atoms with E-state index in [2.05, 4.69) is 51.2 Å². The molecule has 0 radical (unpaired) electrons. The Balaban J connectivity index is 1.25. The van der Waals surface area contributed by atoms with Crippen molar-refractivity contribution in [3.8, 4) is 0 Å². The van der Waals surface area contributed by atoms with Gasteiger partial charge in [0.1, 0.15) is 0 Å². The van der Waals surface area contributed by atoms with Gasteiger partial charge in [0, 0.05) is 70.0 Å². The molecule has 1 aromatic carbocycles. The van der Waals surface area contributed by atoms with Crippen LogP contribution in [0.4, 0.5) is 5.69 Å². The van der Waals surface area contributed by atoms with Crippen molar-refractivity contribution in [3.63, 3.8) is 0 Å². The van der Waals surface area contributed by atoms with Crippen molar-refractivity contribution in [1.29, 1.82) is 0 Å². The standard InChI is InChI=1S/C25H32N4O/c30-25(29-19-17-27(18-20-29)21-23-11-13-26-14-12-23)10-7-22-5-8-24(9-6-22)28-15-3-1-2-4-16-28/h5-14H,1-4,15-21H2. The van der Waals surface area contributed by atoms with E-state index in [1.54, 1.807) is 6.08 Å². The fourth-order valence-corrected chi connectivity index (χ4v) is 4.27. The van der Waals surface area contributed by atoms with Crippen LogP contribution in [0.15, 0.2) is 54.9 Å². The summed E-state index contributed by atoms with van der Waals surface area (Å²) in [7, 11) is 0. The minimum atomic E-state index is 0.107. The largest absolute Gasteiger partial charge is 0.372 e. The molecule has 0 saturated carbocycles. The molecule has 0 unspecified atom stereocenters. The molecule has 0 N–H and O–H groups in total. The Morgan fingerprint density at radius 2 is 1.50 bits per heavy atom. The summed E-state index contributed by atoms with van der Waals surface area (Å²) in [5.74, 6) is 0.107. The Labute approximate surface area is 180 Å². The van der Waals surface area contributed by atoms with Gasteiger partial charge in [0.25, 0.3) is 0 Å². The van der Waals surface area contributed by atoms with E-state index in [0.29, 0.717) is 0 Å². The molecule has 5 nitrogen and oxygen atoms in total. The first-order valence-electron chi connectivity index (χ1n) is 11.2. The Kier molecular flexibility index (Phi) is 7.14. The van der Waals surface area contributed by atoms with E-state index in [1.165, 1.54) is 36.9 Å². The number of amides is 1. The Morgan fingerprint density at radius 1 is 0.833 bits per heavy atom. The minimum absolute atomic E-state index is 0.107. The third-order valence-electron chi connectivity index (χ3n) is 6.12. The molecular weight excluding hydrogens is 372 g/mol. The smallest absolute Gasteiger partial charge is 0.246 e. The number of benzene rings is 1. The first-order valence-corrected chi connectivity index (χ1v) is 11.2. The van der Waals surface area contributed by atoms with Crippen LogP contribution in [0, 0.1) is 0 Å². The van der Waals surface area contributed by atoms with Crippen molar-refractivity contribution in [3.05, 3.63) is 66.0 Å².